The molecular formula is C13H27N3O2. The Morgan fingerprint density at radius 2 is 1.72 bits per heavy atom. The highest BCUT2D eigenvalue weighted by molar-refractivity contribution is 5.89. The SMILES string of the molecule is CN[C@H](C(=O)N(C)[C@@H](CC(C)C)C(N)=O)C(C)C. The monoisotopic (exact) mass is 257 g/mol. The molecule has 0 heterocycles. The number of hydrogen-bond acceptors (Lipinski definition) is 3. The maximum Gasteiger partial charge on any atom is 0.240 e. The highest BCUT2D eigenvalue weighted by atomic mass is 16.2. The fourth-order valence-corrected chi connectivity index (χ4v) is 2.03. The van der Waals surface area contributed by atoms with E-state index in [1.807, 2.05) is 27.7 Å². The molecule has 2 atom stereocenters. The Morgan fingerprint density at radius 3 is 2.00 bits per heavy atom. The lowest BCUT2D eigenvalue weighted by molar-refractivity contribution is -0.140. The zero-order valence-electron chi connectivity index (χ0n) is 12.4. The van der Waals surface area contributed by atoms with Gasteiger partial charge in [-0.3, -0.25) is 9.59 Å². The Hall–Kier alpha value is -1.10. The minimum absolute atomic E-state index is 0.0862. The molecular weight excluding hydrogens is 230 g/mol. The maximum absolute atomic E-state index is 12.3. The van der Waals surface area contributed by atoms with E-state index in [4.69, 9.17) is 5.73 Å². The molecule has 106 valence electrons. The molecule has 0 saturated carbocycles. The molecule has 0 aromatic rings. The number of rotatable bonds is 7. The average Bonchev–Trinajstić information content (AvgIpc) is 2.24. The standard InChI is InChI=1S/C13H27N3O2/c1-8(2)7-10(12(14)17)16(6)13(18)11(15-5)9(3)4/h8-11,15H,7H2,1-6H3,(H2,14,17)/t10-,11-/m0/s1. The van der Waals surface area contributed by atoms with E-state index < -0.39 is 11.9 Å². The number of primary amides is 1. The molecule has 0 bridgehead atoms. The second kappa shape index (κ2) is 7.36. The van der Waals surface area contributed by atoms with E-state index >= 15 is 0 Å². The molecule has 0 aliphatic rings. The molecule has 0 radical (unpaired) electrons. The lowest BCUT2D eigenvalue weighted by Crippen LogP contribution is -2.53. The molecule has 18 heavy (non-hydrogen) atoms. The van der Waals surface area contributed by atoms with E-state index in [2.05, 4.69) is 5.32 Å². The summed E-state index contributed by atoms with van der Waals surface area (Å²) in [6.07, 6.45) is 0.589. The zero-order chi connectivity index (χ0) is 14.5. The molecule has 0 unspecified atom stereocenters. The van der Waals surface area contributed by atoms with Crippen LogP contribution in [0.2, 0.25) is 0 Å². The van der Waals surface area contributed by atoms with Crippen LogP contribution in [0.25, 0.3) is 0 Å². The fraction of sp³-hybridized carbons (Fsp3) is 0.846. The van der Waals surface area contributed by atoms with Crippen LogP contribution in [0.4, 0.5) is 0 Å². The predicted molar refractivity (Wildman–Crippen MR) is 72.9 cm³/mol. The fourth-order valence-electron chi connectivity index (χ4n) is 2.03. The van der Waals surface area contributed by atoms with Gasteiger partial charge in [0.25, 0.3) is 0 Å². The molecule has 0 aliphatic heterocycles. The minimum atomic E-state index is -0.535. The van der Waals surface area contributed by atoms with E-state index in [0.717, 1.165) is 0 Å². The van der Waals surface area contributed by atoms with Crippen LogP contribution in [-0.4, -0.2) is 42.9 Å². The van der Waals surface area contributed by atoms with Crippen LogP contribution in [0.3, 0.4) is 0 Å². The molecule has 2 amide bonds. The summed E-state index contributed by atoms with van der Waals surface area (Å²) in [4.78, 5) is 25.2. The molecule has 0 rings (SSSR count). The van der Waals surface area contributed by atoms with E-state index in [0.29, 0.717) is 12.3 Å². The van der Waals surface area contributed by atoms with Crippen molar-refractivity contribution < 1.29 is 9.59 Å². The maximum atomic E-state index is 12.3. The van der Waals surface area contributed by atoms with Crippen molar-refractivity contribution >= 4 is 11.8 Å². The molecule has 0 fully saturated rings. The van der Waals surface area contributed by atoms with Gasteiger partial charge < -0.3 is 16.0 Å². The third kappa shape index (κ3) is 4.64. The van der Waals surface area contributed by atoms with Crippen LogP contribution in [0, 0.1) is 11.8 Å². The van der Waals surface area contributed by atoms with Crippen molar-refractivity contribution in [1.82, 2.24) is 10.2 Å². The molecule has 0 saturated heterocycles. The molecule has 5 heteroatoms. The van der Waals surface area contributed by atoms with Crippen molar-refractivity contribution in [2.24, 2.45) is 17.6 Å². The van der Waals surface area contributed by atoms with Gasteiger partial charge in [-0.1, -0.05) is 27.7 Å². The van der Waals surface area contributed by atoms with Crippen molar-refractivity contribution in [2.45, 2.75) is 46.2 Å². The van der Waals surface area contributed by atoms with Crippen molar-refractivity contribution in [3.8, 4) is 0 Å². The van der Waals surface area contributed by atoms with Gasteiger partial charge in [-0.25, -0.2) is 0 Å². The Kier molecular flexibility index (Phi) is 6.91. The van der Waals surface area contributed by atoms with Gasteiger partial charge >= 0.3 is 0 Å². The van der Waals surface area contributed by atoms with Crippen LogP contribution >= 0.6 is 0 Å². The van der Waals surface area contributed by atoms with Crippen molar-refractivity contribution in [2.75, 3.05) is 14.1 Å². The van der Waals surface area contributed by atoms with Crippen LogP contribution in [0.5, 0.6) is 0 Å². The summed E-state index contributed by atoms with van der Waals surface area (Å²) < 4.78 is 0. The van der Waals surface area contributed by atoms with Crippen LogP contribution < -0.4 is 11.1 Å². The average molecular weight is 257 g/mol. The zero-order valence-corrected chi connectivity index (χ0v) is 12.4. The summed E-state index contributed by atoms with van der Waals surface area (Å²) in [7, 11) is 3.39. The number of hydrogen-bond donors (Lipinski definition) is 2. The van der Waals surface area contributed by atoms with Gasteiger partial charge in [0, 0.05) is 7.05 Å². The van der Waals surface area contributed by atoms with E-state index in [9.17, 15) is 9.59 Å². The Bertz CT molecular complexity index is 290. The van der Waals surface area contributed by atoms with Gasteiger partial charge in [-0.15, -0.1) is 0 Å². The van der Waals surface area contributed by atoms with Crippen molar-refractivity contribution in [3.05, 3.63) is 0 Å². The Morgan fingerprint density at radius 1 is 1.22 bits per heavy atom. The smallest absolute Gasteiger partial charge is 0.240 e. The van der Waals surface area contributed by atoms with E-state index in [-0.39, 0.29) is 17.9 Å². The number of likely N-dealkylation sites (N-methyl/N-ethyl adjacent to an activating group) is 2. The van der Waals surface area contributed by atoms with Gasteiger partial charge in [-0.2, -0.15) is 0 Å². The first-order valence-corrected chi connectivity index (χ1v) is 6.45. The predicted octanol–water partition coefficient (Wildman–Crippen LogP) is 0.589. The third-order valence-corrected chi connectivity index (χ3v) is 3.08. The summed E-state index contributed by atoms with van der Waals surface area (Å²) in [6.45, 7) is 7.95. The summed E-state index contributed by atoms with van der Waals surface area (Å²) in [5.41, 5.74) is 5.39. The summed E-state index contributed by atoms with van der Waals surface area (Å²) in [5.74, 6) is -0.0579. The van der Waals surface area contributed by atoms with E-state index in [1.165, 1.54) is 4.90 Å². The first-order chi connectivity index (χ1) is 8.22. The van der Waals surface area contributed by atoms with Gasteiger partial charge in [-0.05, 0) is 25.3 Å². The van der Waals surface area contributed by atoms with Crippen LogP contribution in [0.15, 0.2) is 0 Å². The van der Waals surface area contributed by atoms with Crippen molar-refractivity contribution in [3.63, 3.8) is 0 Å². The summed E-state index contributed by atoms with van der Waals surface area (Å²) in [5, 5.41) is 2.99. The van der Waals surface area contributed by atoms with E-state index in [1.54, 1.807) is 14.1 Å². The third-order valence-electron chi connectivity index (χ3n) is 3.08. The summed E-state index contributed by atoms with van der Waals surface area (Å²) in [6, 6.07) is -0.823. The molecule has 0 aliphatic carbocycles. The molecule has 5 nitrogen and oxygen atoms in total. The highest BCUT2D eigenvalue weighted by Gasteiger charge is 2.31. The topological polar surface area (TPSA) is 75.4 Å². The number of carbonyl (C=O) groups is 2. The van der Waals surface area contributed by atoms with Gasteiger partial charge in [0.15, 0.2) is 0 Å². The number of carbonyl (C=O) groups excluding carboxylic acids is 2. The van der Waals surface area contributed by atoms with Gasteiger partial charge in [0.2, 0.25) is 11.8 Å². The highest BCUT2D eigenvalue weighted by Crippen LogP contribution is 2.13. The lowest BCUT2D eigenvalue weighted by Gasteiger charge is -2.31. The first kappa shape index (κ1) is 16.9. The largest absolute Gasteiger partial charge is 0.368 e. The Balaban J connectivity index is 4.90. The number of amides is 2. The number of nitrogens with zero attached hydrogens (tertiary/aromatic N) is 1. The second-order valence-electron chi connectivity index (χ2n) is 5.51. The molecule has 0 aromatic heterocycles. The summed E-state index contributed by atoms with van der Waals surface area (Å²) >= 11 is 0. The quantitative estimate of drug-likeness (QED) is 0.701. The molecule has 0 spiro atoms. The number of nitrogens with one attached hydrogen (secondary N) is 1. The molecule has 3 N–H and O–H groups in total. The van der Waals surface area contributed by atoms with Crippen LogP contribution in [-0.2, 0) is 9.59 Å². The van der Waals surface area contributed by atoms with Gasteiger partial charge in [0.1, 0.15) is 6.04 Å². The van der Waals surface area contributed by atoms with Crippen molar-refractivity contribution in [1.29, 1.82) is 0 Å². The van der Waals surface area contributed by atoms with Gasteiger partial charge in [0.05, 0.1) is 6.04 Å². The Labute approximate surface area is 110 Å². The first-order valence-electron chi connectivity index (χ1n) is 6.45. The second-order valence-corrected chi connectivity index (χ2v) is 5.51. The molecule has 0 aromatic carbocycles. The minimum Gasteiger partial charge on any atom is -0.368 e. The lowest BCUT2D eigenvalue weighted by atomic mass is 9.99. The normalized spacial score (nSPS) is 14.7. The van der Waals surface area contributed by atoms with Crippen LogP contribution in [0.1, 0.15) is 34.1 Å². The number of nitrogens with two attached hydrogens (primary N) is 1.